The van der Waals surface area contributed by atoms with Gasteiger partial charge in [0.15, 0.2) is 0 Å². The summed E-state index contributed by atoms with van der Waals surface area (Å²) in [5.41, 5.74) is 2.42. The molecule has 1 saturated heterocycles. The number of amides is 1. The summed E-state index contributed by atoms with van der Waals surface area (Å²) in [6.07, 6.45) is 5.28. The van der Waals surface area contributed by atoms with Crippen molar-refractivity contribution in [3.05, 3.63) is 40.9 Å². The molecule has 2 atom stereocenters. The highest BCUT2D eigenvalue weighted by Crippen LogP contribution is 2.31. The predicted octanol–water partition coefficient (Wildman–Crippen LogP) is 4.52. The fourth-order valence-corrected chi connectivity index (χ4v) is 4.34. The second-order valence-electron chi connectivity index (χ2n) is 6.61. The summed E-state index contributed by atoms with van der Waals surface area (Å²) in [6.45, 7) is 4.84. The van der Waals surface area contributed by atoms with Gasteiger partial charge in [0.2, 0.25) is 0 Å². The smallest absolute Gasteiger partial charge is 0.273 e. The third-order valence-electron chi connectivity index (χ3n) is 4.97. The van der Waals surface area contributed by atoms with E-state index in [2.05, 4.69) is 11.9 Å². The monoisotopic (exact) mass is 356 g/mol. The molecule has 25 heavy (non-hydrogen) atoms. The number of hydrogen-bond donors (Lipinski definition) is 0. The van der Waals surface area contributed by atoms with Gasteiger partial charge in [0.25, 0.3) is 5.91 Å². The van der Waals surface area contributed by atoms with E-state index in [1.54, 1.807) is 0 Å². The normalized spacial score (nSPS) is 18.8. The predicted molar refractivity (Wildman–Crippen MR) is 101 cm³/mol. The van der Waals surface area contributed by atoms with Gasteiger partial charge >= 0.3 is 0 Å². The number of aldehydes is 1. The summed E-state index contributed by atoms with van der Waals surface area (Å²) < 4.78 is 0. The molecule has 0 N–H and O–H groups in total. The molecular formula is C20H24N2O2S. The van der Waals surface area contributed by atoms with E-state index in [1.165, 1.54) is 17.8 Å². The van der Waals surface area contributed by atoms with Crippen molar-refractivity contribution in [1.82, 2.24) is 9.88 Å². The Labute approximate surface area is 152 Å². The minimum atomic E-state index is -0.189. The van der Waals surface area contributed by atoms with Crippen LogP contribution in [-0.4, -0.2) is 34.7 Å². The van der Waals surface area contributed by atoms with Gasteiger partial charge in [-0.2, -0.15) is 0 Å². The molecule has 1 aromatic heterocycles. The molecule has 1 amide bonds. The van der Waals surface area contributed by atoms with Crippen molar-refractivity contribution < 1.29 is 9.59 Å². The van der Waals surface area contributed by atoms with E-state index in [9.17, 15) is 9.59 Å². The maximum Gasteiger partial charge on any atom is 0.273 e. The molecule has 1 aliphatic rings. The van der Waals surface area contributed by atoms with E-state index in [-0.39, 0.29) is 11.8 Å². The van der Waals surface area contributed by atoms with E-state index in [4.69, 9.17) is 0 Å². The zero-order valence-electron chi connectivity index (χ0n) is 14.8. The summed E-state index contributed by atoms with van der Waals surface area (Å²) in [6, 6.07) is 8.12. The van der Waals surface area contributed by atoms with Crippen molar-refractivity contribution in [2.75, 3.05) is 6.54 Å². The average Bonchev–Trinajstić information content (AvgIpc) is 3.16. The highest BCUT2D eigenvalue weighted by atomic mass is 32.1. The van der Waals surface area contributed by atoms with Gasteiger partial charge in [0.05, 0.1) is 0 Å². The van der Waals surface area contributed by atoms with E-state index in [0.29, 0.717) is 11.7 Å². The van der Waals surface area contributed by atoms with Crippen LogP contribution in [0.25, 0.3) is 10.6 Å². The zero-order valence-corrected chi connectivity index (χ0v) is 15.6. The molecule has 0 bridgehead atoms. The largest absolute Gasteiger partial charge is 0.334 e. The number of nitrogens with zero attached hydrogens (tertiary/aromatic N) is 2. The highest BCUT2D eigenvalue weighted by Gasteiger charge is 2.28. The van der Waals surface area contributed by atoms with Crippen LogP contribution in [0, 0.1) is 0 Å². The average molecular weight is 356 g/mol. The number of benzene rings is 1. The lowest BCUT2D eigenvalue weighted by molar-refractivity contribution is -0.108. The molecule has 1 fully saturated rings. The molecule has 1 aromatic carbocycles. The Kier molecular flexibility index (Phi) is 5.63. The van der Waals surface area contributed by atoms with Gasteiger partial charge in [-0.3, -0.25) is 4.79 Å². The molecule has 4 nitrogen and oxygen atoms in total. The van der Waals surface area contributed by atoms with Crippen LogP contribution < -0.4 is 0 Å². The minimum Gasteiger partial charge on any atom is -0.334 e. The maximum atomic E-state index is 12.9. The molecule has 0 radical (unpaired) electrons. The molecule has 0 saturated carbocycles. The molecular weight excluding hydrogens is 332 g/mol. The number of carbonyl (C=O) groups excluding carboxylic acids is 2. The third kappa shape index (κ3) is 3.66. The van der Waals surface area contributed by atoms with Crippen LogP contribution in [0.1, 0.15) is 61.5 Å². The Bertz CT molecular complexity index is 756. The van der Waals surface area contributed by atoms with Crippen molar-refractivity contribution >= 4 is 23.5 Å². The molecule has 0 spiro atoms. The Morgan fingerprint density at radius 3 is 2.96 bits per heavy atom. The summed E-state index contributed by atoms with van der Waals surface area (Å²) in [7, 11) is 0. The Morgan fingerprint density at radius 2 is 2.20 bits per heavy atom. The second kappa shape index (κ2) is 7.91. The Morgan fingerprint density at radius 1 is 1.40 bits per heavy atom. The fourth-order valence-electron chi connectivity index (χ4n) is 3.50. The Balaban J connectivity index is 1.88. The molecule has 2 heterocycles. The number of rotatable bonds is 5. The van der Waals surface area contributed by atoms with Crippen LogP contribution in [0.3, 0.4) is 0 Å². The van der Waals surface area contributed by atoms with Crippen molar-refractivity contribution in [3.8, 4) is 10.6 Å². The van der Waals surface area contributed by atoms with Gasteiger partial charge in [-0.05, 0) is 31.2 Å². The van der Waals surface area contributed by atoms with Crippen LogP contribution in [-0.2, 0) is 4.79 Å². The fraction of sp³-hybridized carbons (Fsp3) is 0.450. The van der Waals surface area contributed by atoms with E-state index in [0.717, 1.165) is 48.2 Å². The van der Waals surface area contributed by atoms with Crippen LogP contribution in [0.2, 0.25) is 0 Å². The minimum absolute atomic E-state index is 0.0370. The Hall–Kier alpha value is -2.01. The lowest BCUT2D eigenvalue weighted by Gasteiger charge is -2.34. The van der Waals surface area contributed by atoms with Crippen molar-refractivity contribution in [2.45, 2.75) is 51.5 Å². The van der Waals surface area contributed by atoms with E-state index >= 15 is 0 Å². The molecule has 132 valence electrons. The van der Waals surface area contributed by atoms with Gasteiger partial charge in [0, 0.05) is 29.4 Å². The lowest BCUT2D eigenvalue weighted by Crippen LogP contribution is -2.43. The first-order valence-corrected chi connectivity index (χ1v) is 9.84. The van der Waals surface area contributed by atoms with Gasteiger partial charge in [-0.15, -0.1) is 11.3 Å². The lowest BCUT2D eigenvalue weighted by atomic mass is 9.97. The van der Waals surface area contributed by atoms with Crippen LogP contribution >= 0.6 is 11.3 Å². The first-order valence-electron chi connectivity index (χ1n) is 8.96. The first kappa shape index (κ1) is 17.8. The maximum absolute atomic E-state index is 12.9. The number of piperidine rings is 1. The third-order valence-corrected chi connectivity index (χ3v) is 5.84. The van der Waals surface area contributed by atoms with Crippen LogP contribution in [0.15, 0.2) is 29.6 Å². The second-order valence-corrected chi connectivity index (χ2v) is 7.46. The van der Waals surface area contributed by atoms with E-state index < -0.39 is 0 Å². The van der Waals surface area contributed by atoms with Gasteiger partial charge < -0.3 is 9.69 Å². The highest BCUT2D eigenvalue weighted by molar-refractivity contribution is 7.13. The topological polar surface area (TPSA) is 50.3 Å². The number of aromatic nitrogens is 1. The summed E-state index contributed by atoms with van der Waals surface area (Å²) in [4.78, 5) is 30.7. The van der Waals surface area contributed by atoms with Gasteiger partial charge in [0.1, 0.15) is 17.0 Å². The number of thiazole rings is 1. The standard InChI is InChI=1S/C20H24N2O2S/c1-3-15-8-6-7-11-22(15)20(24)18-13-25-19(21-18)17-10-5-4-9-16(17)14(2)12-23/h4-5,9-10,12-15H,3,6-8,11H2,1-2H3. The molecule has 2 aromatic rings. The summed E-state index contributed by atoms with van der Waals surface area (Å²) in [5, 5.41) is 2.65. The quantitative estimate of drug-likeness (QED) is 0.740. The SMILES string of the molecule is CCC1CCCCN1C(=O)c1csc(-c2ccccc2C(C)C=O)n1. The van der Waals surface area contributed by atoms with Crippen LogP contribution in [0.5, 0.6) is 0 Å². The van der Waals surface area contributed by atoms with Gasteiger partial charge in [-0.25, -0.2) is 4.98 Å². The zero-order chi connectivity index (χ0) is 17.8. The molecule has 2 unspecified atom stereocenters. The van der Waals surface area contributed by atoms with Crippen molar-refractivity contribution in [1.29, 1.82) is 0 Å². The molecule has 5 heteroatoms. The van der Waals surface area contributed by atoms with Gasteiger partial charge in [-0.1, -0.05) is 38.1 Å². The summed E-state index contributed by atoms with van der Waals surface area (Å²) >= 11 is 1.47. The van der Waals surface area contributed by atoms with E-state index in [1.807, 2.05) is 41.5 Å². The molecule has 3 rings (SSSR count). The summed E-state index contributed by atoms with van der Waals surface area (Å²) in [5.74, 6) is -0.152. The number of carbonyl (C=O) groups is 2. The number of hydrogen-bond acceptors (Lipinski definition) is 4. The molecule has 0 aliphatic carbocycles. The van der Waals surface area contributed by atoms with Crippen LogP contribution in [0.4, 0.5) is 0 Å². The molecule has 1 aliphatic heterocycles. The first-order chi connectivity index (χ1) is 12.2. The van der Waals surface area contributed by atoms with Crippen molar-refractivity contribution in [3.63, 3.8) is 0 Å². The van der Waals surface area contributed by atoms with Crippen molar-refractivity contribution in [2.24, 2.45) is 0 Å². The number of likely N-dealkylation sites (tertiary alicyclic amines) is 1.